The van der Waals surface area contributed by atoms with Crippen molar-refractivity contribution in [3.63, 3.8) is 0 Å². The van der Waals surface area contributed by atoms with Crippen LogP contribution in [0.1, 0.15) is 40.0 Å². The molecule has 3 nitrogen and oxygen atoms in total. The van der Waals surface area contributed by atoms with E-state index in [2.05, 4.69) is 13.8 Å². The third-order valence-corrected chi connectivity index (χ3v) is 5.31. The Morgan fingerprint density at radius 3 is 2.67 bits per heavy atom. The fraction of sp³-hybridized carbons (Fsp3) is 0.867. The van der Waals surface area contributed by atoms with Crippen LogP contribution in [0, 0.1) is 23.2 Å². The van der Waals surface area contributed by atoms with Gasteiger partial charge in [0, 0.05) is 11.3 Å². The molecule has 0 aliphatic heterocycles. The molecule has 0 saturated heterocycles. The van der Waals surface area contributed by atoms with Gasteiger partial charge < -0.3 is 15.3 Å². The van der Waals surface area contributed by atoms with Crippen LogP contribution >= 0.6 is 0 Å². The van der Waals surface area contributed by atoms with E-state index in [0.717, 1.165) is 19.3 Å². The van der Waals surface area contributed by atoms with Crippen molar-refractivity contribution < 1.29 is 15.3 Å². The maximum atomic E-state index is 10.2. The Balaban J connectivity index is 2.42. The third kappa shape index (κ3) is 1.84. The molecule has 3 heteroatoms. The van der Waals surface area contributed by atoms with Crippen molar-refractivity contribution in [3.8, 4) is 0 Å². The topological polar surface area (TPSA) is 60.7 Å². The monoisotopic (exact) mass is 254 g/mol. The Morgan fingerprint density at radius 1 is 1.50 bits per heavy atom. The summed E-state index contributed by atoms with van der Waals surface area (Å²) in [4.78, 5) is 0. The number of hydrogen-bond acceptors (Lipinski definition) is 3. The predicted molar refractivity (Wildman–Crippen MR) is 71.0 cm³/mol. The Kier molecular flexibility index (Phi) is 3.86. The lowest BCUT2D eigenvalue weighted by Crippen LogP contribution is -2.46. The second kappa shape index (κ2) is 4.95. The molecule has 1 fully saturated rings. The second-order valence-electron chi connectivity index (χ2n) is 6.22. The van der Waals surface area contributed by atoms with E-state index in [1.54, 1.807) is 6.92 Å². The van der Waals surface area contributed by atoms with Crippen LogP contribution in [0.25, 0.3) is 0 Å². The smallest absolute Gasteiger partial charge is 0.0785 e. The second-order valence-corrected chi connectivity index (χ2v) is 6.22. The number of rotatable bonds is 3. The van der Waals surface area contributed by atoms with Gasteiger partial charge in [-0.3, -0.25) is 0 Å². The number of aliphatic hydroxyl groups is 3. The quantitative estimate of drug-likeness (QED) is 0.672. The van der Waals surface area contributed by atoms with E-state index in [0.29, 0.717) is 11.8 Å². The fourth-order valence-corrected chi connectivity index (χ4v) is 4.41. The number of aliphatic hydroxyl groups excluding tert-OH is 3. The highest BCUT2D eigenvalue weighted by molar-refractivity contribution is 5.32. The molecular weight excluding hydrogens is 228 g/mol. The molecule has 0 aromatic carbocycles. The Labute approximate surface area is 110 Å². The largest absolute Gasteiger partial charge is 0.395 e. The van der Waals surface area contributed by atoms with Crippen molar-refractivity contribution >= 4 is 0 Å². The molecule has 0 radical (unpaired) electrons. The van der Waals surface area contributed by atoms with Crippen molar-refractivity contribution in [2.75, 3.05) is 6.61 Å². The summed E-state index contributed by atoms with van der Waals surface area (Å²) in [5.41, 5.74) is 0.811. The molecule has 0 unspecified atom stereocenters. The molecule has 0 aromatic heterocycles. The van der Waals surface area contributed by atoms with E-state index < -0.39 is 12.2 Å². The Bertz CT molecular complexity index is 337. The molecule has 6 atom stereocenters. The molecule has 0 bridgehead atoms. The third-order valence-electron chi connectivity index (χ3n) is 5.31. The predicted octanol–water partition coefficient (Wildman–Crippen LogP) is 1.72. The van der Waals surface area contributed by atoms with Crippen LogP contribution in [0.2, 0.25) is 0 Å². The van der Waals surface area contributed by atoms with Crippen LogP contribution in [0.4, 0.5) is 0 Å². The highest BCUT2D eigenvalue weighted by atomic mass is 16.3. The highest BCUT2D eigenvalue weighted by Crippen LogP contribution is 2.57. The molecule has 104 valence electrons. The SMILES string of the molecule is CC[C@H]1C2=C[C@@H](O)[C@H]([C@H](C)O)[C@@]2(CO)CC[C@@H]1C. The van der Waals surface area contributed by atoms with E-state index in [1.807, 2.05) is 6.08 Å². The average Bonchev–Trinajstić information content (AvgIpc) is 2.62. The lowest BCUT2D eigenvalue weighted by molar-refractivity contribution is -0.0478. The van der Waals surface area contributed by atoms with Crippen molar-refractivity contribution in [3.05, 3.63) is 11.6 Å². The minimum Gasteiger partial charge on any atom is -0.395 e. The van der Waals surface area contributed by atoms with Gasteiger partial charge in [0.05, 0.1) is 18.8 Å². The lowest BCUT2D eigenvalue weighted by Gasteiger charge is -2.47. The van der Waals surface area contributed by atoms with Gasteiger partial charge in [0.1, 0.15) is 0 Å². The van der Waals surface area contributed by atoms with Gasteiger partial charge in [0.25, 0.3) is 0 Å². The normalized spacial score (nSPS) is 45.6. The molecule has 0 amide bonds. The zero-order valence-corrected chi connectivity index (χ0v) is 11.6. The zero-order chi connectivity index (χ0) is 13.5. The van der Waals surface area contributed by atoms with E-state index in [4.69, 9.17) is 0 Å². The first kappa shape index (κ1) is 14.0. The Morgan fingerprint density at radius 2 is 2.17 bits per heavy atom. The Hall–Kier alpha value is -0.380. The van der Waals surface area contributed by atoms with Gasteiger partial charge in [-0.15, -0.1) is 0 Å². The summed E-state index contributed by atoms with van der Waals surface area (Å²) >= 11 is 0. The van der Waals surface area contributed by atoms with Gasteiger partial charge in [0.2, 0.25) is 0 Å². The van der Waals surface area contributed by atoms with Crippen molar-refractivity contribution in [2.24, 2.45) is 23.2 Å². The minimum atomic E-state index is -0.619. The van der Waals surface area contributed by atoms with Crippen molar-refractivity contribution in [1.82, 2.24) is 0 Å². The molecule has 2 aliphatic carbocycles. The van der Waals surface area contributed by atoms with Gasteiger partial charge in [-0.25, -0.2) is 0 Å². The van der Waals surface area contributed by atoms with E-state index in [-0.39, 0.29) is 17.9 Å². The van der Waals surface area contributed by atoms with Crippen molar-refractivity contribution in [2.45, 2.75) is 52.2 Å². The van der Waals surface area contributed by atoms with E-state index in [1.165, 1.54) is 5.57 Å². The van der Waals surface area contributed by atoms with Crippen molar-refractivity contribution in [1.29, 1.82) is 0 Å². The van der Waals surface area contributed by atoms with E-state index in [9.17, 15) is 15.3 Å². The molecule has 1 saturated carbocycles. The van der Waals surface area contributed by atoms with Crippen LogP contribution in [-0.2, 0) is 0 Å². The summed E-state index contributed by atoms with van der Waals surface area (Å²) < 4.78 is 0. The first-order valence-electron chi connectivity index (χ1n) is 7.17. The van der Waals surface area contributed by atoms with Crippen LogP contribution in [-0.4, -0.2) is 34.1 Å². The molecule has 18 heavy (non-hydrogen) atoms. The van der Waals surface area contributed by atoms with Gasteiger partial charge in [-0.1, -0.05) is 25.5 Å². The minimum absolute atomic E-state index is 0.0364. The van der Waals surface area contributed by atoms with Crippen LogP contribution in [0.3, 0.4) is 0 Å². The summed E-state index contributed by atoms with van der Waals surface area (Å²) in [7, 11) is 0. The molecule has 2 aliphatic rings. The van der Waals surface area contributed by atoms with E-state index >= 15 is 0 Å². The molecule has 2 rings (SSSR count). The van der Waals surface area contributed by atoms with Gasteiger partial charge >= 0.3 is 0 Å². The number of fused-ring (bicyclic) bond motifs is 1. The van der Waals surface area contributed by atoms with Crippen LogP contribution < -0.4 is 0 Å². The van der Waals surface area contributed by atoms with Gasteiger partial charge in [0.15, 0.2) is 0 Å². The van der Waals surface area contributed by atoms with Gasteiger partial charge in [-0.2, -0.15) is 0 Å². The summed E-state index contributed by atoms with van der Waals surface area (Å²) in [6, 6.07) is 0. The first-order valence-corrected chi connectivity index (χ1v) is 7.17. The summed E-state index contributed by atoms with van der Waals surface area (Å²) in [6.07, 6.45) is 3.68. The summed E-state index contributed by atoms with van der Waals surface area (Å²) in [5.74, 6) is 0.782. The maximum Gasteiger partial charge on any atom is 0.0785 e. The standard InChI is InChI=1S/C15H26O3/c1-4-11-9(2)5-6-15(8-16)12(11)7-13(18)14(15)10(3)17/h7,9-11,13-14,16-18H,4-6,8H2,1-3H3/t9-,10-,11+,13+,14-,15+/m0/s1. The zero-order valence-electron chi connectivity index (χ0n) is 11.6. The van der Waals surface area contributed by atoms with Crippen LogP contribution in [0.5, 0.6) is 0 Å². The molecule has 0 spiro atoms. The lowest BCUT2D eigenvalue weighted by atomic mass is 9.58. The molecular formula is C15H26O3. The molecule has 0 aromatic rings. The number of hydrogen-bond donors (Lipinski definition) is 3. The van der Waals surface area contributed by atoms with Crippen LogP contribution in [0.15, 0.2) is 11.6 Å². The fourth-order valence-electron chi connectivity index (χ4n) is 4.41. The summed E-state index contributed by atoms with van der Waals surface area (Å²) in [5, 5.41) is 30.1. The van der Waals surface area contributed by atoms with Gasteiger partial charge in [-0.05, 0) is 38.0 Å². The molecule has 3 N–H and O–H groups in total. The maximum absolute atomic E-state index is 10.2. The highest BCUT2D eigenvalue weighted by Gasteiger charge is 2.55. The summed E-state index contributed by atoms with van der Waals surface area (Å²) in [6.45, 7) is 6.17. The first-order chi connectivity index (χ1) is 8.47. The average molecular weight is 254 g/mol. The molecule has 0 heterocycles.